The van der Waals surface area contributed by atoms with Crippen molar-refractivity contribution >= 4 is 10.1 Å². The number of para-hydroxylation sites is 1. The quantitative estimate of drug-likeness (QED) is 0.566. The fourth-order valence-electron chi connectivity index (χ4n) is 0.871. The van der Waals surface area contributed by atoms with Crippen molar-refractivity contribution in [2.45, 2.75) is 6.92 Å². The highest BCUT2D eigenvalue weighted by Crippen LogP contribution is 2.11. The maximum Gasteiger partial charge on any atom is 0.312 e. The van der Waals surface area contributed by atoms with E-state index in [-0.39, 0.29) is 5.75 Å². The van der Waals surface area contributed by atoms with Gasteiger partial charge in [-0.15, -0.1) is 0 Å². The van der Waals surface area contributed by atoms with Gasteiger partial charge in [0.1, 0.15) is 11.5 Å². The molecule has 1 rings (SSSR count). The van der Waals surface area contributed by atoms with Crippen LogP contribution in [0.25, 0.3) is 0 Å². The third kappa shape index (κ3) is 3.62. The normalized spacial score (nSPS) is 11.8. The van der Waals surface area contributed by atoms with Gasteiger partial charge in [-0.3, -0.25) is 0 Å². The van der Waals surface area contributed by atoms with Gasteiger partial charge in [-0.2, -0.15) is 8.42 Å². The number of rotatable bonds is 4. The standard InChI is InChI=1S/C10H12O3S/c1-2-3-9-14(11,12)13-10-7-5-4-6-8-10/h2-8H,9H2,1H3/b3-2+. The second-order valence-electron chi connectivity index (χ2n) is 2.69. The molecule has 0 saturated heterocycles. The molecule has 0 aliphatic rings. The third-order valence-corrected chi connectivity index (χ3v) is 2.55. The van der Waals surface area contributed by atoms with Crippen molar-refractivity contribution < 1.29 is 12.6 Å². The van der Waals surface area contributed by atoms with E-state index in [2.05, 4.69) is 0 Å². The summed E-state index contributed by atoms with van der Waals surface area (Å²) >= 11 is 0. The molecule has 14 heavy (non-hydrogen) atoms. The van der Waals surface area contributed by atoms with Gasteiger partial charge >= 0.3 is 10.1 Å². The van der Waals surface area contributed by atoms with Gasteiger partial charge < -0.3 is 4.18 Å². The van der Waals surface area contributed by atoms with E-state index < -0.39 is 10.1 Å². The molecular formula is C10H12O3S. The summed E-state index contributed by atoms with van der Waals surface area (Å²) in [5, 5.41) is 0. The van der Waals surface area contributed by atoms with Crippen LogP contribution in [-0.2, 0) is 10.1 Å². The Bertz CT molecular complexity index is 393. The molecule has 0 fully saturated rings. The maximum absolute atomic E-state index is 11.3. The minimum atomic E-state index is -3.48. The molecule has 0 unspecified atom stereocenters. The van der Waals surface area contributed by atoms with Gasteiger partial charge in [0.2, 0.25) is 0 Å². The molecule has 3 nitrogen and oxygen atoms in total. The monoisotopic (exact) mass is 212 g/mol. The Kier molecular flexibility index (Phi) is 3.71. The highest BCUT2D eigenvalue weighted by Gasteiger charge is 2.09. The van der Waals surface area contributed by atoms with Gasteiger partial charge in [0.25, 0.3) is 0 Å². The zero-order valence-corrected chi connectivity index (χ0v) is 8.70. The zero-order valence-electron chi connectivity index (χ0n) is 7.88. The molecule has 0 amide bonds. The average Bonchev–Trinajstić information content (AvgIpc) is 2.16. The molecule has 0 aliphatic carbocycles. The van der Waals surface area contributed by atoms with Gasteiger partial charge in [0, 0.05) is 0 Å². The van der Waals surface area contributed by atoms with Gasteiger partial charge in [-0.25, -0.2) is 0 Å². The minimum absolute atomic E-state index is 0.0988. The third-order valence-electron chi connectivity index (χ3n) is 1.50. The molecule has 4 heteroatoms. The van der Waals surface area contributed by atoms with Crippen molar-refractivity contribution in [2.24, 2.45) is 0 Å². The van der Waals surface area contributed by atoms with E-state index in [1.807, 2.05) is 0 Å². The molecule has 1 aromatic rings. The van der Waals surface area contributed by atoms with E-state index in [1.165, 1.54) is 6.08 Å². The maximum atomic E-state index is 11.3. The topological polar surface area (TPSA) is 43.4 Å². The Morgan fingerprint density at radius 3 is 2.50 bits per heavy atom. The van der Waals surface area contributed by atoms with E-state index in [1.54, 1.807) is 43.3 Å². The van der Waals surface area contributed by atoms with Gasteiger partial charge in [-0.05, 0) is 19.1 Å². The fourth-order valence-corrected chi connectivity index (χ4v) is 1.77. The summed E-state index contributed by atoms with van der Waals surface area (Å²) in [6.45, 7) is 1.76. The van der Waals surface area contributed by atoms with Crippen LogP contribution in [-0.4, -0.2) is 14.2 Å². The van der Waals surface area contributed by atoms with Crippen molar-refractivity contribution in [1.82, 2.24) is 0 Å². The van der Waals surface area contributed by atoms with Crippen molar-refractivity contribution in [1.29, 1.82) is 0 Å². The lowest BCUT2D eigenvalue weighted by Gasteiger charge is -2.03. The predicted octanol–water partition coefficient (Wildman–Crippen LogP) is 1.97. The van der Waals surface area contributed by atoms with Crippen LogP contribution in [0.2, 0.25) is 0 Å². The van der Waals surface area contributed by atoms with E-state index in [0.29, 0.717) is 5.75 Å². The van der Waals surface area contributed by atoms with Crippen molar-refractivity contribution in [3.8, 4) is 5.75 Å². The van der Waals surface area contributed by atoms with Crippen LogP contribution in [0.5, 0.6) is 5.75 Å². The largest absolute Gasteiger partial charge is 0.382 e. The molecule has 1 aromatic carbocycles. The summed E-state index contributed by atoms with van der Waals surface area (Å²) in [5.74, 6) is 0.246. The number of allylic oxidation sites excluding steroid dienone is 1. The van der Waals surface area contributed by atoms with E-state index in [9.17, 15) is 8.42 Å². The first-order chi connectivity index (χ1) is 6.64. The average molecular weight is 212 g/mol. The Morgan fingerprint density at radius 2 is 1.93 bits per heavy atom. The minimum Gasteiger partial charge on any atom is -0.382 e. The molecule has 0 saturated carbocycles. The van der Waals surface area contributed by atoms with Crippen LogP contribution in [0, 0.1) is 0 Å². The lowest BCUT2D eigenvalue weighted by molar-refractivity contribution is 0.489. The summed E-state index contributed by atoms with van der Waals surface area (Å²) in [6, 6.07) is 8.45. The SMILES string of the molecule is C/C=C/CS(=O)(=O)Oc1ccccc1. The first kappa shape index (κ1) is 10.8. The molecule has 0 heterocycles. The van der Waals surface area contributed by atoms with Crippen LogP contribution < -0.4 is 4.18 Å². The number of benzene rings is 1. The molecule has 76 valence electrons. The molecule has 0 bridgehead atoms. The molecule has 0 N–H and O–H groups in total. The van der Waals surface area contributed by atoms with Crippen molar-refractivity contribution in [3.05, 3.63) is 42.5 Å². The predicted molar refractivity (Wildman–Crippen MR) is 55.7 cm³/mol. The first-order valence-electron chi connectivity index (χ1n) is 4.22. The summed E-state index contributed by atoms with van der Waals surface area (Å²) in [4.78, 5) is 0. The zero-order chi connectivity index (χ0) is 10.4. The molecular weight excluding hydrogens is 200 g/mol. The van der Waals surface area contributed by atoms with E-state index in [0.717, 1.165) is 0 Å². The Morgan fingerprint density at radius 1 is 1.29 bits per heavy atom. The van der Waals surface area contributed by atoms with Crippen molar-refractivity contribution in [3.63, 3.8) is 0 Å². The highest BCUT2D eigenvalue weighted by atomic mass is 32.2. The second kappa shape index (κ2) is 4.81. The Labute approximate surface area is 84.1 Å². The molecule has 0 radical (unpaired) electrons. The summed E-state index contributed by atoms with van der Waals surface area (Å²) < 4.78 is 27.4. The Balaban J connectivity index is 2.69. The smallest absolute Gasteiger partial charge is 0.312 e. The van der Waals surface area contributed by atoms with Crippen molar-refractivity contribution in [2.75, 3.05) is 5.75 Å². The molecule has 0 aliphatic heterocycles. The first-order valence-corrected chi connectivity index (χ1v) is 5.80. The molecule has 0 aromatic heterocycles. The van der Waals surface area contributed by atoms with Crippen LogP contribution >= 0.6 is 0 Å². The molecule has 0 atom stereocenters. The van der Waals surface area contributed by atoms with Gasteiger partial charge in [-0.1, -0.05) is 30.4 Å². The summed E-state index contributed by atoms with van der Waals surface area (Å²) in [7, 11) is -3.48. The fraction of sp³-hybridized carbons (Fsp3) is 0.200. The van der Waals surface area contributed by atoms with E-state index >= 15 is 0 Å². The van der Waals surface area contributed by atoms with Gasteiger partial charge in [0.15, 0.2) is 0 Å². The van der Waals surface area contributed by atoms with E-state index in [4.69, 9.17) is 4.18 Å². The van der Waals surface area contributed by atoms with Gasteiger partial charge in [0.05, 0.1) is 0 Å². The van der Waals surface area contributed by atoms with Crippen LogP contribution in [0.4, 0.5) is 0 Å². The van der Waals surface area contributed by atoms with Crippen LogP contribution in [0.3, 0.4) is 0 Å². The molecule has 0 spiro atoms. The van der Waals surface area contributed by atoms with Crippen LogP contribution in [0.1, 0.15) is 6.92 Å². The lowest BCUT2D eigenvalue weighted by Crippen LogP contribution is -2.11. The number of hydrogen-bond acceptors (Lipinski definition) is 3. The number of hydrogen-bond donors (Lipinski definition) is 0. The Hall–Kier alpha value is -1.29. The summed E-state index contributed by atoms with van der Waals surface area (Å²) in [6.07, 6.45) is 3.21. The second-order valence-corrected chi connectivity index (χ2v) is 4.31. The lowest BCUT2D eigenvalue weighted by atomic mass is 10.3. The summed E-state index contributed by atoms with van der Waals surface area (Å²) in [5.41, 5.74) is 0. The van der Waals surface area contributed by atoms with Crippen LogP contribution in [0.15, 0.2) is 42.5 Å². The highest BCUT2D eigenvalue weighted by molar-refractivity contribution is 7.87.